The summed E-state index contributed by atoms with van der Waals surface area (Å²) in [4.78, 5) is 31.8. The number of aliphatic hydroxyl groups is 1. The van der Waals surface area contributed by atoms with Crippen LogP contribution in [0, 0.1) is 0 Å². The molecule has 3 amide bonds. The van der Waals surface area contributed by atoms with Crippen molar-refractivity contribution < 1.29 is 14.7 Å². The lowest BCUT2D eigenvalue weighted by Gasteiger charge is -2.34. The summed E-state index contributed by atoms with van der Waals surface area (Å²) in [5, 5.41) is 15.0. The van der Waals surface area contributed by atoms with Crippen molar-refractivity contribution in [2.45, 2.75) is 19.3 Å². The number of aromatic nitrogens is 2. The number of thiophene rings is 1. The monoisotopic (exact) mass is 335 g/mol. The molecule has 0 saturated carbocycles. The number of nitrogens with one attached hydrogen (secondary N) is 1. The Morgan fingerprint density at radius 2 is 2.26 bits per heavy atom. The van der Waals surface area contributed by atoms with Gasteiger partial charge in [-0.25, -0.2) is 9.78 Å². The van der Waals surface area contributed by atoms with Gasteiger partial charge in [-0.3, -0.25) is 14.6 Å². The Labute approximate surface area is 137 Å². The van der Waals surface area contributed by atoms with Gasteiger partial charge in [0, 0.05) is 19.0 Å². The van der Waals surface area contributed by atoms with Crippen LogP contribution in [0.25, 0.3) is 0 Å². The molecule has 0 radical (unpaired) electrons. The Hall–Kier alpha value is -2.39. The minimum absolute atomic E-state index is 0.0284. The molecule has 2 N–H and O–H groups in total. The SMILES string of the molecule is CN1C(=O)N(C)C(O)c2c1ncn2CC(=O)NCc1cccs1. The first-order valence-electron chi connectivity index (χ1n) is 7.01. The molecular weight excluding hydrogens is 318 g/mol. The van der Waals surface area contributed by atoms with E-state index in [0.29, 0.717) is 18.1 Å². The van der Waals surface area contributed by atoms with Gasteiger partial charge in [-0.05, 0) is 11.4 Å². The number of nitrogens with zero attached hydrogens (tertiary/aromatic N) is 4. The highest BCUT2D eigenvalue weighted by Crippen LogP contribution is 2.32. The van der Waals surface area contributed by atoms with E-state index in [-0.39, 0.29) is 18.5 Å². The van der Waals surface area contributed by atoms with Crippen LogP contribution in [0.3, 0.4) is 0 Å². The Bertz CT molecular complexity index is 727. The number of rotatable bonds is 4. The van der Waals surface area contributed by atoms with Crippen molar-refractivity contribution in [3.63, 3.8) is 0 Å². The normalized spacial score (nSPS) is 17.3. The molecule has 0 fully saturated rings. The first kappa shape index (κ1) is 15.5. The zero-order valence-electron chi connectivity index (χ0n) is 12.8. The van der Waals surface area contributed by atoms with Gasteiger partial charge in [-0.1, -0.05) is 6.07 Å². The molecule has 1 aliphatic heterocycles. The van der Waals surface area contributed by atoms with Gasteiger partial charge < -0.3 is 15.0 Å². The zero-order valence-corrected chi connectivity index (χ0v) is 13.6. The lowest BCUT2D eigenvalue weighted by Crippen LogP contribution is -2.46. The number of amides is 3. The Morgan fingerprint density at radius 1 is 1.48 bits per heavy atom. The number of hydrogen-bond acceptors (Lipinski definition) is 5. The van der Waals surface area contributed by atoms with Crippen molar-refractivity contribution in [3.8, 4) is 0 Å². The molecule has 9 heteroatoms. The highest BCUT2D eigenvalue weighted by atomic mass is 32.1. The number of fused-ring (bicyclic) bond motifs is 1. The molecule has 1 aliphatic rings. The van der Waals surface area contributed by atoms with Crippen molar-refractivity contribution in [1.82, 2.24) is 19.8 Å². The lowest BCUT2D eigenvalue weighted by atomic mass is 10.2. The van der Waals surface area contributed by atoms with Crippen LogP contribution in [0.4, 0.5) is 10.6 Å². The van der Waals surface area contributed by atoms with Crippen LogP contribution in [0.5, 0.6) is 0 Å². The van der Waals surface area contributed by atoms with Crippen LogP contribution >= 0.6 is 11.3 Å². The summed E-state index contributed by atoms with van der Waals surface area (Å²) in [5.41, 5.74) is 0.431. The molecule has 0 saturated heterocycles. The molecule has 3 rings (SSSR count). The topological polar surface area (TPSA) is 90.7 Å². The summed E-state index contributed by atoms with van der Waals surface area (Å²) >= 11 is 1.57. The largest absolute Gasteiger partial charge is 0.368 e. The number of urea groups is 1. The maximum Gasteiger partial charge on any atom is 0.327 e. The van der Waals surface area contributed by atoms with E-state index in [1.165, 1.54) is 23.2 Å². The summed E-state index contributed by atoms with van der Waals surface area (Å²) in [6.07, 6.45) is 0.336. The Kier molecular flexibility index (Phi) is 4.05. The average Bonchev–Trinajstić information content (AvgIpc) is 3.18. The summed E-state index contributed by atoms with van der Waals surface area (Å²) < 4.78 is 1.56. The highest BCUT2D eigenvalue weighted by molar-refractivity contribution is 7.09. The van der Waals surface area contributed by atoms with E-state index in [9.17, 15) is 14.7 Å². The van der Waals surface area contributed by atoms with E-state index < -0.39 is 6.23 Å². The van der Waals surface area contributed by atoms with Crippen LogP contribution in [0.1, 0.15) is 16.8 Å². The highest BCUT2D eigenvalue weighted by Gasteiger charge is 2.36. The minimum Gasteiger partial charge on any atom is -0.368 e. The fourth-order valence-electron chi connectivity index (χ4n) is 2.45. The second kappa shape index (κ2) is 6.01. The van der Waals surface area contributed by atoms with Crippen LogP contribution in [-0.2, 0) is 17.9 Å². The molecule has 0 aromatic carbocycles. The average molecular weight is 335 g/mol. The summed E-state index contributed by atoms with van der Waals surface area (Å²) in [6, 6.07) is 3.53. The molecule has 23 heavy (non-hydrogen) atoms. The van der Waals surface area contributed by atoms with Gasteiger partial charge in [0.25, 0.3) is 0 Å². The Morgan fingerprint density at radius 3 is 2.96 bits per heavy atom. The van der Waals surface area contributed by atoms with E-state index in [1.54, 1.807) is 23.0 Å². The second-order valence-corrected chi connectivity index (χ2v) is 6.30. The van der Waals surface area contributed by atoms with E-state index in [0.717, 1.165) is 4.88 Å². The third kappa shape index (κ3) is 2.80. The molecule has 2 aromatic heterocycles. The quantitative estimate of drug-likeness (QED) is 0.863. The van der Waals surface area contributed by atoms with E-state index >= 15 is 0 Å². The number of anilines is 1. The molecule has 1 atom stereocenters. The van der Waals surface area contributed by atoms with Gasteiger partial charge in [0.2, 0.25) is 5.91 Å². The molecular formula is C14H17N5O3S. The number of aliphatic hydroxyl groups excluding tert-OH is 1. The van der Waals surface area contributed by atoms with Gasteiger partial charge in [0.1, 0.15) is 12.2 Å². The van der Waals surface area contributed by atoms with Crippen molar-refractivity contribution >= 4 is 29.1 Å². The summed E-state index contributed by atoms with van der Waals surface area (Å²) in [5.74, 6) is 0.180. The number of carbonyl (C=O) groups is 2. The van der Waals surface area contributed by atoms with Crippen molar-refractivity contribution in [2.75, 3.05) is 19.0 Å². The molecule has 0 bridgehead atoms. The lowest BCUT2D eigenvalue weighted by molar-refractivity contribution is -0.121. The van der Waals surface area contributed by atoms with Crippen molar-refractivity contribution in [2.24, 2.45) is 0 Å². The summed E-state index contributed by atoms with van der Waals surface area (Å²) in [7, 11) is 3.08. The zero-order chi connectivity index (χ0) is 16.6. The maximum atomic E-state index is 12.1. The van der Waals surface area contributed by atoms with Gasteiger partial charge in [0.05, 0.1) is 12.9 Å². The standard InChI is InChI=1S/C14H17N5O3S/c1-17-12-11(13(21)18(2)14(17)22)19(8-16-12)7-10(20)15-6-9-4-3-5-23-9/h3-5,8,13,21H,6-7H2,1-2H3,(H,15,20). The fraction of sp³-hybridized carbons (Fsp3) is 0.357. The molecule has 2 aromatic rings. The van der Waals surface area contributed by atoms with Gasteiger partial charge in [-0.15, -0.1) is 11.3 Å². The van der Waals surface area contributed by atoms with Crippen LogP contribution < -0.4 is 10.2 Å². The predicted octanol–water partition coefficient (Wildman–Crippen LogP) is 0.754. The molecule has 3 heterocycles. The molecule has 0 aliphatic carbocycles. The molecule has 122 valence electrons. The smallest absolute Gasteiger partial charge is 0.327 e. The fourth-order valence-corrected chi connectivity index (χ4v) is 3.10. The van der Waals surface area contributed by atoms with Crippen molar-refractivity contribution in [1.29, 1.82) is 0 Å². The van der Waals surface area contributed by atoms with E-state index in [1.807, 2.05) is 17.5 Å². The van der Waals surface area contributed by atoms with E-state index in [2.05, 4.69) is 10.3 Å². The first-order valence-corrected chi connectivity index (χ1v) is 7.89. The predicted molar refractivity (Wildman–Crippen MR) is 84.9 cm³/mol. The Balaban J connectivity index is 1.73. The first-order chi connectivity index (χ1) is 11.0. The minimum atomic E-state index is -1.12. The molecule has 1 unspecified atom stereocenters. The van der Waals surface area contributed by atoms with Crippen LogP contribution in [0.15, 0.2) is 23.8 Å². The molecule has 8 nitrogen and oxygen atoms in total. The number of hydrogen-bond donors (Lipinski definition) is 2. The second-order valence-electron chi connectivity index (χ2n) is 5.26. The van der Waals surface area contributed by atoms with Crippen molar-refractivity contribution in [3.05, 3.63) is 34.4 Å². The third-order valence-electron chi connectivity index (χ3n) is 3.73. The molecule has 0 spiro atoms. The maximum absolute atomic E-state index is 12.1. The van der Waals surface area contributed by atoms with E-state index in [4.69, 9.17) is 0 Å². The summed E-state index contributed by atoms with van der Waals surface area (Å²) in [6.45, 7) is 0.495. The number of imidazole rings is 1. The van der Waals surface area contributed by atoms with Gasteiger partial charge in [0.15, 0.2) is 12.0 Å². The van der Waals surface area contributed by atoms with Crippen LogP contribution in [-0.4, -0.2) is 45.6 Å². The van der Waals surface area contributed by atoms with Gasteiger partial charge in [-0.2, -0.15) is 0 Å². The van der Waals surface area contributed by atoms with Crippen LogP contribution in [0.2, 0.25) is 0 Å². The third-order valence-corrected chi connectivity index (χ3v) is 4.61. The number of carbonyl (C=O) groups excluding carboxylic acids is 2. The van der Waals surface area contributed by atoms with Gasteiger partial charge >= 0.3 is 6.03 Å².